The number of rotatable bonds is 5. The summed E-state index contributed by atoms with van der Waals surface area (Å²) in [7, 11) is 0. The molecular formula is C18H18FN5O7. The highest BCUT2D eigenvalue weighted by atomic mass is 19.1. The summed E-state index contributed by atoms with van der Waals surface area (Å²) in [6.45, 7) is -0.955. The molecule has 0 unspecified atom stereocenters. The summed E-state index contributed by atoms with van der Waals surface area (Å²) in [5, 5.41) is 28.7. The van der Waals surface area contributed by atoms with Crippen molar-refractivity contribution in [3.63, 3.8) is 0 Å². The molecule has 0 radical (unpaired) electrons. The summed E-state index contributed by atoms with van der Waals surface area (Å²) in [6.07, 6.45) is -6.74. The third-order valence-electron chi connectivity index (χ3n) is 5.07. The number of benzene rings is 1. The minimum absolute atomic E-state index is 0.0221. The normalized spacial score (nSPS) is 23.5. The minimum atomic E-state index is -1.98. The van der Waals surface area contributed by atoms with Crippen molar-refractivity contribution in [2.24, 2.45) is 0 Å². The lowest BCUT2D eigenvalue weighted by molar-refractivity contribution is -0.0513. The molecule has 1 aliphatic heterocycles. The molecule has 6 N–H and O–H groups in total. The lowest BCUT2D eigenvalue weighted by atomic mass is 10.1. The van der Waals surface area contributed by atoms with E-state index in [1.807, 2.05) is 0 Å². The van der Waals surface area contributed by atoms with E-state index in [9.17, 15) is 34.1 Å². The zero-order valence-corrected chi connectivity index (χ0v) is 15.8. The largest absolute Gasteiger partial charge is 0.478 e. The highest BCUT2D eigenvalue weighted by molar-refractivity contribution is 5.87. The molecule has 164 valence electrons. The number of nitrogens with zero attached hydrogens (tertiary/aromatic N) is 3. The number of aromatic carboxylic acids is 1. The van der Waals surface area contributed by atoms with E-state index in [-0.39, 0.29) is 29.2 Å². The van der Waals surface area contributed by atoms with Gasteiger partial charge >= 0.3 is 11.7 Å². The van der Waals surface area contributed by atoms with E-state index in [4.69, 9.17) is 10.5 Å². The number of nitrogen functional groups attached to an aromatic ring is 1. The number of H-pyrrole nitrogens is 1. The Morgan fingerprint density at radius 3 is 2.74 bits per heavy atom. The Kier molecular flexibility index (Phi) is 5.08. The quantitative estimate of drug-likeness (QED) is 0.328. The Bertz CT molecular complexity index is 1280. The van der Waals surface area contributed by atoms with Crippen molar-refractivity contribution in [2.45, 2.75) is 31.2 Å². The molecule has 0 amide bonds. The van der Waals surface area contributed by atoms with Gasteiger partial charge in [-0.15, -0.1) is 0 Å². The van der Waals surface area contributed by atoms with Gasteiger partial charge in [0.25, 0.3) is 5.56 Å². The Balaban J connectivity index is 1.91. The van der Waals surface area contributed by atoms with E-state index in [0.717, 1.165) is 9.13 Å². The fourth-order valence-electron chi connectivity index (χ4n) is 3.63. The number of anilines is 1. The number of nitrogens with one attached hydrogen (secondary N) is 1. The number of ether oxygens (including phenoxy) is 1. The zero-order chi connectivity index (χ0) is 22.4. The monoisotopic (exact) mass is 435 g/mol. The van der Waals surface area contributed by atoms with E-state index in [1.165, 1.54) is 18.2 Å². The van der Waals surface area contributed by atoms with Crippen LogP contribution in [-0.2, 0) is 11.3 Å². The van der Waals surface area contributed by atoms with Gasteiger partial charge in [-0.2, -0.15) is 4.98 Å². The number of carbonyl (C=O) groups is 1. The Morgan fingerprint density at radius 1 is 1.35 bits per heavy atom. The summed E-state index contributed by atoms with van der Waals surface area (Å²) in [5.74, 6) is -1.49. The number of imidazole rings is 1. The first-order valence-electron chi connectivity index (χ1n) is 9.14. The van der Waals surface area contributed by atoms with Gasteiger partial charge in [0, 0.05) is 0 Å². The number of nitrogens with two attached hydrogens (primary N) is 1. The van der Waals surface area contributed by atoms with Crippen molar-refractivity contribution in [3.8, 4) is 0 Å². The highest BCUT2D eigenvalue weighted by Gasteiger charge is 2.46. The molecule has 31 heavy (non-hydrogen) atoms. The number of hydrogen-bond acceptors (Lipinski definition) is 8. The van der Waals surface area contributed by atoms with Crippen LogP contribution >= 0.6 is 0 Å². The van der Waals surface area contributed by atoms with Crippen molar-refractivity contribution >= 4 is 23.1 Å². The number of aliphatic hydroxyl groups is 2. The Morgan fingerprint density at radius 2 is 2.10 bits per heavy atom. The van der Waals surface area contributed by atoms with Crippen LogP contribution in [0.15, 0.2) is 33.9 Å². The summed E-state index contributed by atoms with van der Waals surface area (Å²) in [6, 6.07) is 5.73. The van der Waals surface area contributed by atoms with Gasteiger partial charge in [-0.05, 0) is 17.7 Å². The molecule has 13 heteroatoms. The number of fused-ring (bicyclic) bond motifs is 1. The van der Waals surface area contributed by atoms with Gasteiger partial charge in [0.2, 0.25) is 5.95 Å². The van der Waals surface area contributed by atoms with Crippen LogP contribution in [0.3, 0.4) is 0 Å². The average Bonchev–Trinajstić information content (AvgIpc) is 3.15. The second-order valence-corrected chi connectivity index (χ2v) is 7.05. The molecule has 0 saturated carbocycles. The SMILES string of the molecule is Nc1nc2c(c(=O)[nH]1)n(Cc1cccc(C(=O)O)c1)c(=O)n2[C@@H]1O[C@H](CO)[C@@H](F)[C@H]1O. The number of aromatic amines is 1. The smallest absolute Gasteiger partial charge is 0.335 e. The molecule has 1 fully saturated rings. The Hall–Kier alpha value is -3.55. The average molecular weight is 435 g/mol. The van der Waals surface area contributed by atoms with Crippen LogP contribution < -0.4 is 17.0 Å². The third-order valence-corrected chi connectivity index (χ3v) is 5.07. The topological polar surface area (TPSA) is 186 Å². The van der Waals surface area contributed by atoms with Gasteiger partial charge < -0.3 is 25.8 Å². The van der Waals surface area contributed by atoms with Gasteiger partial charge in [0.15, 0.2) is 23.6 Å². The zero-order valence-electron chi connectivity index (χ0n) is 15.8. The van der Waals surface area contributed by atoms with E-state index >= 15 is 0 Å². The van der Waals surface area contributed by atoms with Crippen molar-refractivity contribution in [3.05, 3.63) is 56.2 Å². The molecule has 1 aliphatic rings. The van der Waals surface area contributed by atoms with Gasteiger partial charge in [0.05, 0.1) is 18.7 Å². The van der Waals surface area contributed by atoms with Crippen molar-refractivity contribution < 1.29 is 29.2 Å². The lowest BCUT2D eigenvalue weighted by Gasteiger charge is -2.15. The van der Waals surface area contributed by atoms with E-state index in [2.05, 4.69) is 9.97 Å². The fourth-order valence-corrected chi connectivity index (χ4v) is 3.63. The summed E-state index contributed by atoms with van der Waals surface area (Å²) in [5.41, 5.74) is 3.86. The molecule has 0 spiro atoms. The maximum atomic E-state index is 14.3. The number of aliphatic hydroxyl groups excluding tert-OH is 2. The molecule has 4 atom stereocenters. The molecule has 0 bridgehead atoms. The van der Waals surface area contributed by atoms with Crippen molar-refractivity contribution in [2.75, 3.05) is 12.3 Å². The lowest BCUT2D eigenvalue weighted by Crippen LogP contribution is -2.34. The van der Waals surface area contributed by atoms with Gasteiger partial charge in [0.1, 0.15) is 12.2 Å². The number of halogens is 1. The number of alkyl halides is 1. The molecule has 12 nitrogen and oxygen atoms in total. The number of carboxylic acid groups (broad SMARTS) is 1. The van der Waals surface area contributed by atoms with Crippen LogP contribution in [0.4, 0.5) is 10.3 Å². The first-order chi connectivity index (χ1) is 14.7. The van der Waals surface area contributed by atoms with Gasteiger partial charge in [-0.25, -0.2) is 18.5 Å². The summed E-state index contributed by atoms with van der Waals surface area (Å²) < 4.78 is 21.4. The summed E-state index contributed by atoms with van der Waals surface area (Å²) in [4.78, 5) is 43.2. The van der Waals surface area contributed by atoms with Crippen molar-refractivity contribution in [1.82, 2.24) is 19.1 Å². The second kappa shape index (κ2) is 7.61. The van der Waals surface area contributed by atoms with Crippen LogP contribution in [0, 0.1) is 0 Å². The molecule has 3 heterocycles. The molecular weight excluding hydrogens is 417 g/mol. The predicted molar refractivity (Wildman–Crippen MR) is 103 cm³/mol. The molecule has 3 aromatic rings. The molecule has 0 aliphatic carbocycles. The van der Waals surface area contributed by atoms with Crippen LogP contribution in [0.2, 0.25) is 0 Å². The van der Waals surface area contributed by atoms with E-state index in [1.54, 1.807) is 6.07 Å². The fraction of sp³-hybridized carbons (Fsp3) is 0.333. The van der Waals surface area contributed by atoms with Gasteiger partial charge in [-0.1, -0.05) is 12.1 Å². The summed E-state index contributed by atoms with van der Waals surface area (Å²) >= 11 is 0. The number of carboxylic acids is 1. The maximum Gasteiger partial charge on any atom is 0.335 e. The van der Waals surface area contributed by atoms with Crippen LogP contribution in [-0.4, -0.2) is 65.4 Å². The maximum absolute atomic E-state index is 14.3. The van der Waals surface area contributed by atoms with Crippen LogP contribution in [0.1, 0.15) is 22.1 Å². The molecule has 1 aromatic carbocycles. The van der Waals surface area contributed by atoms with E-state index in [0.29, 0.717) is 5.56 Å². The second-order valence-electron chi connectivity index (χ2n) is 7.05. The van der Waals surface area contributed by atoms with Crippen LogP contribution in [0.25, 0.3) is 11.2 Å². The standard InChI is InChI=1S/C18H18FN5O7/c19-10-9(6-25)31-15(12(10)26)24-13-11(14(27)22-17(20)21-13)23(18(24)30)5-7-2-1-3-8(4-7)16(28)29/h1-4,9-10,12,15,25-26H,5-6H2,(H,28,29)(H3,20,21,22,27)/t9-,10-,12-,15-/m1/s1. The van der Waals surface area contributed by atoms with Crippen LogP contribution in [0.5, 0.6) is 0 Å². The predicted octanol–water partition coefficient (Wildman–Crippen LogP) is -1.20. The van der Waals surface area contributed by atoms with E-state index < -0.39 is 48.4 Å². The molecule has 1 saturated heterocycles. The number of aromatic nitrogens is 4. The molecule has 4 rings (SSSR count). The number of hydrogen-bond donors (Lipinski definition) is 5. The first-order valence-corrected chi connectivity index (χ1v) is 9.14. The Labute approximate surface area is 171 Å². The third kappa shape index (κ3) is 3.37. The minimum Gasteiger partial charge on any atom is -0.478 e. The highest BCUT2D eigenvalue weighted by Crippen LogP contribution is 2.32. The van der Waals surface area contributed by atoms with Crippen molar-refractivity contribution in [1.29, 1.82) is 0 Å². The molecule has 2 aromatic heterocycles. The first kappa shape index (κ1) is 20.7. The van der Waals surface area contributed by atoms with Gasteiger partial charge in [-0.3, -0.25) is 14.3 Å².